The summed E-state index contributed by atoms with van der Waals surface area (Å²) in [5.41, 5.74) is 1.02. The molecule has 0 aromatic heterocycles. The van der Waals surface area contributed by atoms with Gasteiger partial charge in [-0.1, -0.05) is 11.6 Å². The van der Waals surface area contributed by atoms with Gasteiger partial charge in [-0.3, -0.25) is 9.59 Å². The summed E-state index contributed by atoms with van der Waals surface area (Å²) < 4.78 is 5.30. The fraction of sp³-hybridized carbons (Fsp3) is 0.385. The molecule has 6 nitrogen and oxygen atoms in total. The molecule has 1 atom stereocenters. The molecule has 0 radical (unpaired) electrons. The maximum Gasteiger partial charge on any atom is 0.262 e. The lowest BCUT2D eigenvalue weighted by Crippen LogP contribution is -2.26. The number of amides is 2. The lowest BCUT2D eigenvalue weighted by Gasteiger charge is -2.20. The minimum absolute atomic E-state index is 0.0332. The highest BCUT2D eigenvalue weighted by Gasteiger charge is 2.24. The maximum absolute atomic E-state index is 12.1. The number of fused-ring (bicyclic) bond motifs is 1. The minimum Gasteiger partial charge on any atom is -0.482 e. The molecule has 1 aromatic carbocycles. The fourth-order valence-electron chi connectivity index (χ4n) is 2.31. The van der Waals surface area contributed by atoms with E-state index in [-0.39, 0.29) is 24.3 Å². The fourth-order valence-corrected chi connectivity index (χ4v) is 2.52. The van der Waals surface area contributed by atoms with Gasteiger partial charge in [0.25, 0.3) is 5.91 Å². The molecule has 2 amide bonds. The van der Waals surface area contributed by atoms with Crippen LogP contribution in [0.5, 0.6) is 5.75 Å². The van der Waals surface area contributed by atoms with Crippen LogP contribution in [0.15, 0.2) is 12.1 Å². The molecule has 2 aliphatic heterocycles. The van der Waals surface area contributed by atoms with Gasteiger partial charge < -0.3 is 20.7 Å². The number of carbonyl (C=O) groups excluding carboxylic acids is 2. The van der Waals surface area contributed by atoms with E-state index >= 15 is 0 Å². The van der Waals surface area contributed by atoms with Crippen LogP contribution in [0, 0.1) is 5.92 Å². The van der Waals surface area contributed by atoms with Crippen LogP contribution in [-0.2, 0) is 9.59 Å². The van der Waals surface area contributed by atoms with E-state index in [0.717, 1.165) is 13.0 Å². The average molecular weight is 296 g/mol. The second-order valence-electron chi connectivity index (χ2n) is 4.84. The first-order valence-electron chi connectivity index (χ1n) is 6.41. The van der Waals surface area contributed by atoms with Crippen molar-refractivity contribution < 1.29 is 14.3 Å². The number of hydrogen-bond acceptors (Lipinski definition) is 4. The molecule has 3 N–H and O–H groups in total. The minimum atomic E-state index is -0.220. The molecule has 20 heavy (non-hydrogen) atoms. The van der Waals surface area contributed by atoms with Gasteiger partial charge in [0.15, 0.2) is 6.61 Å². The van der Waals surface area contributed by atoms with Crippen molar-refractivity contribution >= 4 is 34.8 Å². The topological polar surface area (TPSA) is 79.5 Å². The van der Waals surface area contributed by atoms with Gasteiger partial charge in [0.05, 0.1) is 22.3 Å². The number of nitrogens with one attached hydrogen (secondary N) is 3. The summed E-state index contributed by atoms with van der Waals surface area (Å²) in [5.74, 6) is 0.190. The molecule has 0 saturated carbocycles. The van der Waals surface area contributed by atoms with Crippen LogP contribution in [0.2, 0.25) is 5.02 Å². The third-order valence-corrected chi connectivity index (χ3v) is 3.70. The number of carbonyl (C=O) groups is 2. The van der Waals surface area contributed by atoms with Crippen molar-refractivity contribution in [3.8, 4) is 5.75 Å². The van der Waals surface area contributed by atoms with Crippen LogP contribution in [0.1, 0.15) is 6.42 Å². The quantitative estimate of drug-likeness (QED) is 0.766. The Kier molecular flexibility index (Phi) is 3.50. The Morgan fingerprint density at radius 1 is 1.45 bits per heavy atom. The Morgan fingerprint density at radius 2 is 2.30 bits per heavy atom. The number of anilines is 2. The molecule has 3 rings (SSSR count). The second kappa shape index (κ2) is 5.30. The molecule has 1 aromatic rings. The number of rotatable bonds is 2. The summed E-state index contributed by atoms with van der Waals surface area (Å²) >= 11 is 6.12. The highest BCUT2D eigenvalue weighted by atomic mass is 35.5. The van der Waals surface area contributed by atoms with Crippen LogP contribution in [0.25, 0.3) is 0 Å². The zero-order valence-electron chi connectivity index (χ0n) is 10.7. The molecule has 1 saturated heterocycles. The van der Waals surface area contributed by atoms with E-state index in [4.69, 9.17) is 16.3 Å². The predicted octanol–water partition coefficient (Wildman–Crippen LogP) is 1.22. The largest absolute Gasteiger partial charge is 0.482 e. The van der Waals surface area contributed by atoms with E-state index in [1.807, 2.05) is 0 Å². The van der Waals surface area contributed by atoms with Gasteiger partial charge in [-0.15, -0.1) is 0 Å². The molecule has 2 aliphatic rings. The van der Waals surface area contributed by atoms with E-state index < -0.39 is 0 Å². The molecule has 0 spiro atoms. The average Bonchev–Trinajstić information content (AvgIpc) is 2.94. The van der Waals surface area contributed by atoms with E-state index in [9.17, 15) is 9.59 Å². The van der Waals surface area contributed by atoms with Crippen molar-refractivity contribution in [2.24, 2.45) is 5.92 Å². The molecular formula is C13H14ClN3O3. The Bertz CT molecular complexity index is 570. The highest BCUT2D eigenvalue weighted by molar-refractivity contribution is 6.34. The van der Waals surface area contributed by atoms with Crippen LogP contribution in [0.3, 0.4) is 0 Å². The summed E-state index contributed by atoms with van der Waals surface area (Å²) in [7, 11) is 0. The zero-order valence-corrected chi connectivity index (χ0v) is 11.4. The Balaban J connectivity index is 1.79. The Morgan fingerprint density at radius 3 is 3.05 bits per heavy atom. The van der Waals surface area contributed by atoms with Gasteiger partial charge in [0, 0.05) is 12.6 Å². The molecule has 1 fully saturated rings. The summed E-state index contributed by atoms with van der Waals surface area (Å²) in [6.07, 6.45) is 0.820. The molecule has 0 aliphatic carbocycles. The third kappa shape index (κ3) is 2.57. The van der Waals surface area contributed by atoms with Crippen molar-refractivity contribution in [2.45, 2.75) is 6.42 Å². The monoisotopic (exact) mass is 295 g/mol. The van der Waals surface area contributed by atoms with Crippen molar-refractivity contribution in [2.75, 3.05) is 30.3 Å². The summed E-state index contributed by atoms with van der Waals surface area (Å²) in [6, 6.07) is 3.22. The first-order valence-corrected chi connectivity index (χ1v) is 6.79. The number of hydrogen-bond donors (Lipinski definition) is 3. The van der Waals surface area contributed by atoms with Crippen LogP contribution in [-0.4, -0.2) is 31.5 Å². The van der Waals surface area contributed by atoms with E-state index in [1.54, 1.807) is 12.1 Å². The zero-order chi connectivity index (χ0) is 14.1. The van der Waals surface area contributed by atoms with E-state index in [2.05, 4.69) is 16.0 Å². The first-order chi connectivity index (χ1) is 9.63. The van der Waals surface area contributed by atoms with Gasteiger partial charge in [0.1, 0.15) is 5.75 Å². The van der Waals surface area contributed by atoms with E-state index in [0.29, 0.717) is 28.7 Å². The molecule has 7 heteroatoms. The van der Waals surface area contributed by atoms with Crippen molar-refractivity contribution in [1.29, 1.82) is 0 Å². The normalized spacial score (nSPS) is 20.9. The molecule has 1 unspecified atom stereocenters. The highest BCUT2D eigenvalue weighted by Crippen LogP contribution is 2.36. The third-order valence-electron chi connectivity index (χ3n) is 3.39. The van der Waals surface area contributed by atoms with Crippen molar-refractivity contribution in [1.82, 2.24) is 5.32 Å². The van der Waals surface area contributed by atoms with Crippen LogP contribution >= 0.6 is 11.6 Å². The van der Waals surface area contributed by atoms with Crippen LogP contribution in [0.4, 0.5) is 11.4 Å². The number of benzene rings is 1. The first kappa shape index (κ1) is 13.2. The van der Waals surface area contributed by atoms with E-state index in [1.165, 1.54) is 0 Å². The van der Waals surface area contributed by atoms with Gasteiger partial charge in [-0.25, -0.2) is 0 Å². The summed E-state index contributed by atoms with van der Waals surface area (Å²) in [6.45, 7) is 1.50. The van der Waals surface area contributed by atoms with Crippen molar-refractivity contribution in [3.63, 3.8) is 0 Å². The Hall–Kier alpha value is -1.79. The number of ether oxygens (including phenoxy) is 1. The smallest absolute Gasteiger partial charge is 0.262 e. The molecule has 106 valence electrons. The molecule has 2 heterocycles. The Labute approximate surface area is 120 Å². The number of halogens is 1. The van der Waals surface area contributed by atoms with Gasteiger partial charge in [-0.05, 0) is 19.0 Å². The van der Waals surface area contributed by atoms with Gasteiger partial charge in [-0.2, -0.15) is 0 Å². The maximum atomic E-state index is 12.1. The second-order valence-corrected chi connectivity index (χ2v) is 5.25. The lowest BCUT2D eigenvalue weighted by molar-refractivity contribution is -0.119. The lowest BCUT2D eigenvalue weighted by atomic mass is 10.1. The van der Waals surface area contributed by atoms with Gasteiger partial charge >= 0.3 is 0 Å². The molecular weight excluding hydrogens is 282 g/mol. The summed E-state index contributed by atoms with van der Waals surface area (Å²) in [5, 5.41) is 8.99. The standard InChI is InChI=1S/C13H14ClN3O3/c14-8-3-10-11(20-6-12(18)16-10)4-9(8)17-13(19)7-1-2-15-5-7/h3-4,7,15H,1-2,5-6H2,(H,16,18)(H,17,19). The summed E-state index contributed by atoms with van der Waals surface area (Å²) in [4.78, 5) is 23.3. The predicted molar refractivity (Wildman–Crippen MR) is 75.2 cm³/mol. The molecule has 0 bridgehead atoms. The van der Waals surface area contributed by atoms with Crippen molar-refractivity contribution in [3.05, 3.63) is 17.2 Å². The SMILES string of the molecule is O=C1COc2cc(NC(=O)C3CCNC3)c(Cl)cc2N1. The van der Waals surface area contributed by atoms with Gasteiger partial charge in [0.2, 0.25) is 5.91 Å². The van der Waals surface area contributed by atoms with Crippen LogP contribution < -0.4 is 20.7 Å².